The Morgan fingerprint density at radius 3 is 2.86 bits per heavy atom. The van der Waals surface area contributed by atoms with Crippen molar-refractivity contribution in [2.24, 2.45) is 11.8 Å². The molecule has 0 saturated heterocycles. The molecule has 1 aromatic carbocycles. The third-order valence-electron chi connectivity index (χ3n) is 4.59. The van der Waals surface area contributed by atoms with Crippen molar-refractivity contribution >= 4 is 11.7 Å². The van der Waals surface area contributed by atoms with Crippen molar-refractivity contribution in [3.05, 3.63) is 24.3 Å². The number of aliphatic carboxylic acids is 1. The minimum absolute atomic E-state index is 0.452. The molecule has 1 saturated carbocycles. The standard InChI is InChI=1S/C17H25NO3/c1-12(2)13-6-5-9-17(11-13,16(19)20)18-14-7-4-8-15(10-14)21-3/h4,7-8,10,12-13,18H,5-6,9,11H2,1-3H3,(H,19,20). The third kappa shape index (κ3) is 3.49. The van der Waals surface area contributed by atoms with Crippen molar-refractivity contribution in [1.29, 1.82) is 0 Å². The van der Waals surface area contributed by atoms with E-state index in [2.05, 4.69) is 19.2 Å². The second-order valence-electron chi connectivity index (χ2n) is 6.34. The maximum atomic E-state index is 11.9. The molecule has 0 bridgehead atoms. The monoisotopic (exact) mass is 291 g/mol. The molecule has 0 spiro atoms. The first-order chi connectivity index (χ1) is 9.97. The highest BCUT2D eigenvalue weighted by atomic mass is 16.5. The van der Waals surface area contributed by atoms with E-state index in [-0.39, 0.29) is 0 Å². The minimum Gasteiger partial charge on any atom is -0.497 e. The van der Waals surface area contributed by atoms with E-state index in [1.807, 2.05) is 24.3 Å². The number of benzene rings is 1. The van der Waals surface area contributed by atoms with Gasteiger partial charge >= 0.3 is 5.97 Å². The van der Waals surface area contributed by atoms with Crippen molar-refractivity contribution in [2.75, 3.05) is 12.4 Å². The lowest BCUT2D eigenvalue weighted by molar-refractivity contribution is -0.144. The third-order valence-corrected chi connectivity index (χ3v) is 4.59. The molecule has 2 unspecified atom stereocenters. The van der Waals surface area contributed by atoms with Gasteiger partial charge in [-0.15, -0.1) is 0 Å². The Balaban J connectivity index is 2.23. The molecule has 21 heavy (non-hydrogen) atoms. The smallest absolute Gasteiger partial charge is 0.329 e. The predicted octanol–water partition coefficient (Wildman–Crippen LogP) is 3.78. The SMILES string of the molecule is COc1cccc(NC2(C(=O)O)CCCC(C(C)C)C2)c1. The molecular formula is C17H25NO3. The van der Waals surface area contributed by atoms with Crippen LogP contribution in [0.2, 0.25) is 0 Å². The van der Waals surface area contributed by atoms with Crippen molar-refractivity contribution in [2.45, 2.75) is 45.1 Å². The van der Waals surface area contributed by atoms with Crippen molar-refractivity contribution < 1.29 is 14.6 Å². The number of methoxy groups -OCH3 is 1. The number of carboxylic acids is 1. The summed E-state index contributed by atoms with van der Waals surface area (Å²) in [6.45, 7) is 4.35. The molecule has 116 valence electrons. The molecule has 4 nitrogen and oxygen atoms in total. The quantitative estimate of drug-likeness (QED) is 0.867. The zero-order chi connectivity index (χ0) is 15.5. The summed E-state index contributed by atoms with van der Waals surface area (Å²) in [5.74, 6) is 0.941. The highest BCUT2D eigenvalue weighted by molar-refractivity contribution is 5.83. The number of hydrogen-bond acceptors (Lipinski definition) is 3. The average molecular weight is 291 g/mol. The molecule has 1 aliphatic carbocycles. The second-order valence-corrected chi connectivity index (χ2v) is 6.34. The Kier molecular flexibility index (Phi) is 4.76. The van der Waals surface area contributed by atoms with Gasteiger partial charge in [0.1, 0.15) is 11.3 Å². The summed E-state index contributed by atoms with van der Waals surface area (Å²) in [6, 6.07) is 7.48. The van der Waals surface area contributed by atoms with E-state index < -0.39 is 11.5 Å². The van der Waals surface area contributed by atoms with Gasteiger partial charge in [-0.25, -0.2) is 4.79 Å². The number of nitrogens with one attached hydrogen (secondary N) is 1. The normalized spacial score (nSPS) is 25.6. The Labute approximate surface area is 126 Å². The van der Waals surface area contributed by atoms with Crippen LogP contribution in [0, 0.1) is 11.8 Å². The largest absolute Gasteiger partial charge is 0.497 e. The molecular weight excluding hydrogens is 266 g/mol. The molecule has 2 atom stereocenters. The van der Waals surface area contributed by atoms with Crippen LogP contribution in [0.15, 0.2) is 24.3 Å². The maximum absolute atomic E-state index is 11.9. The number of hydrogen-bond donors (Lipinski definition) is 2. The van der Waals surface area contributed by atoms with Crippen molar-refractivity contribution in [3.8, 4) is 5.75 Å². The van der Waals surface area contributed by atoms with Crippen LogP contribution in [-0.4, -0.2) is 23.7 Å². The fraction of sp³-hybridized carbons (Fsp3) is 0.588. The van der Waals surface area contributed by atoms with Gasteiger partial charge in [0.2, 0.25) is 0 Å². The fourth-order valence-corrected chi connectivity index (χ4v) is 3.23. The number of carboxylic acid groups (broad SMARTS) is 1. The molecule has 0 radical (unpaired) electrons. The van der Waals surface area contributed by atoms with Crippen LogP contribution < -0.4 is 10.1 Å². The van der Waals surface area contributed by atoms with E-state index in [4.69, 9.17) is 4.74 Å². The van der Waals surface area contributed by atoms with Gasteiger partial charge in [-0.3, -0.25) is 0 Å². The van der Waals surface area contributed by atoms with Gasteiger partial charge in [0.05, 0.1) is 7.11 Å². The fourth-order valence-electron chi connectivity index (χ4n) is 3.23. The molecule has 0 amide bonds. The zero-order valence-corrected chi connectivity index (χ0v) is 13.1. The molecule has 2 N–H and O–H groups in total. The predicted molar refractivity (Wildman–Crippen MR) is 83.8 cm³/mol. The molecule has 0 heterocycles. The number of carbonyl (C=O) groups is 1. The van der Waals surface area contributed by atoms with Crippen LogP contribution in [0.25, 0.3) is 0 Å². The molecule has 0 aliphatic heterocycles. The first kappa shape index (κ1) is 15.7. The minimum atomic E-state index is -0.862. The number of ether oxygens (including phenoxy) is 1. The van der Waals surface area contributed by atoms with E-state index in [0.29, 0.717) is 24.7 Å². The Hall–Kier alpha value is -1.71. The van der Waals surface area contributed by atoms with Gasteiger partial charge in [-0.2, -0.15) is 0 Å². The van der Waals surface area contributed by atoms with Gasteiger partial charge in [0, 0.05) is 11.8 Å². The van der Waals surface area contributed by atoms with E-state index in [1.165, 1.54) is 0 Å². The molecule has 2 rings (SSSR count). The Morgan fingerprint density at radius 2 is 2.24 bits per heavy atom. The van der Waals surface area contributed by atoms with Gasteiger partial charge < -0.3 is 15.2 Å². The van der Waals surface area contributed by atoms with Crippen molar-refractivity contribution in [3.63, 3.8) is 0 Å². The molecule has 1 aromatic rings. The summed E-state index contributed by atoms with van der Waals surface area (Å²) in [5, 5.41) is 13.1. The molecule has 1 fully saturated rings. The van der Waals surface area contributed by atoms with Gasteiger partial charge in [0.15, 0.2) is 0 Å². The van der Waals surface area contributed by atoms with Crippen LogP contribution in [0.1, 0.15) is 39.5 Å². The molecule has 1 aliphatic rings. The van der Waals surface area contributed by atoms with E-state index in [0.717, 1.165) is 24.3 Å². The van der Waals surface area contributed by atoms with Crippen LogP contribution >= 0.6 is 0 Å². The van der Waals surface area contributed by atoms with E-state index in [9.17, 15) is 9.90 Å². The van der Waals surface area contributed by atoms with Crippen LogP contribution in [0.3, 0.4) is 0 Å². The lowest BCUT2D eigenvalue weighted by Crippen LogP contribution is -2.50. The lowest BCUT2D eigenvalue weighted by atomic mass is 9.71. The van der Waals surface area contributed by atoms with Gasteiger partial charge in [-0.1, -0.05) is 26.3 Å². The summed E-state index contributed by atoms with van der Waals surface area (Å²) >= 11 is 0. The lowest BCUT2D eigenvalue weighted by Gasteiger charge is -2.40. The first-order valence-electron chi connectivity index (χ1n) is 7.62. The highest BCUT2D eigenvalue weighted by Crippen LogP contribution is 2.39. The topological polar surface area (TPSA) is 58.6 Å². The zero-order valence-electron chi connectivity index (χ0n) is 13.1. The van der Waals surface area contributed by atoms with E-state index in [1.54, 1.807) is 7.11 Å². The first-order valence-corrected chi connectivity index (χ1v) is 7.62. The van der Waals surface area contributed by atoms with Gasteiger partial charge in [-0.05, 0) is 43.2 Å². The van der Waals surface area contributed by atoms with Crippen molar-refractivity contribution in [1.82, 2.24) is 0 Å². The summed E-state index contributed by atoms with van der Waals surface area (Å²) < 4.78 is 5.21. The van der Waals surface area contributed by atoms with Crippen LogP contribution in [-0.2, 0) is 4.79 Å². The molecule has 0 aromatic heterocycles. The summed E-state index contributed by atoms with van der Waals surface area (Å²) in [4.78, 5) is 11.9. The van der Waals surface area contributed by atoms with Crippen LogP contribution in [0.5, 0.6) is 5.75 Å². The number of anilines is 1. The highest BCUT2D eigenvalue weighted by Gasteiger charge is 2.43. The number of rotatable bonds is 5. The van der Waals surface area contributed by atoms with Gasteiger partial charge in [0.25, 0.3) is 0 Å². The van der Waals surface area contributed by atoms with Crippen LogP contribution in [0.4, 0.5) is 5.69 Å². The second kappa shape index (κ2) is 6.37. The molecule has 4 heteroatoms. The Bertz CT molecular complexity index is 501. The van der Waals surface area contributed by atoms with E-state index >= 15 is 0 Å². The Morgan fingerprint density at radius 1 is 1.48 bits per heavy atom. The average Bonchev–Trinajstić information content (AvgIpc) is 2.47. The maximum Gasteiger partial charge on any atom is 0.329 e. The summed E-state index contributed by atoms with van der Waals surface area (Å²) in [7, 11) is 1.61. The summed E-state index contributed by atoms with van der Waals surface area (Å²) in [6.07, 6.45) is 3.42. The summed E-state index contributed by atoms with van der Waals surface area (Å²) in [5.41, 5.74) is -0.0549.